The van der Waals surface area contributed by atoms with E-state index in [1.165, 1.54) is 5.69 Å². The molecule has 0 aliphatic carbocycles. The van der Waals surface area contributed by atoms with Crippen molar-refractivity contribution in [2.24, 2.45) is 17.4 Å². The number of carbonyl (C=O) groups excluding carboxylic acids is 1. The van der Waals surface area contributed by atoms with Crippen LogP contribution in [0.1, 0.15) is 31.4 Å². The van der Waals surface area contributed by atoms with E-state index in [0.717, 1.165) is 36.0 Å². The van der Waals surface area contributed by atoms with Gasteiger partial charge in [-0.1, -0.05) is 22.0 Å². The van der Waals surface area contributed by atoms with Crippen LogP contribution in [0.5, 0.6) is 0 Å². The number of halogens is 1. The summed E-state index contributed by atoms with van der Waals surface area (Å²) < 4.78 is 1.04. The smallest absolute Gasteiger partial charge is 0.220 e. The van der Waals surface area contributed by atoms with Crippen LogP contribution in [-0.2, 0) is 4.79 Å². The molecule has 0 spiro atoms. The lowest BCUT2D eigenvalue weighted by Gasteiger charge is -2.32. The van der Waals surface area contributed by atoms with Crippen molar-refractivity contribution in [3.63, 3.8) is 0 Å². The van der Waals surface area contributed by atoms with Crippen molar-refractivity contribution in [1.29, 1.82) is 0 Å². The number of anilines is 1. The number of primary amides is 1. The first kappa shape index (κ1) is 14.3. The second kappa shape index (κ2) is 5.92. The van der Waals surface area contributed by atoms with E-state index < -0.39 is 0 Å². The van der Waals surface area contributed by atoms with E-state index in [9.17, 15) is 4.79 Å². The van der Waals surface area contributed by atoms with E-state index in [1.807, 2.05) is 6.92 Å². The number of hydrogen-bond acceptors (Lipinski definition) is 3. The number of rotatable bonds is 3. The van der Waals surface area contributed by atoms with Crippen LogP contribution in [0.3, 0.4) is 0 Å². The molecule has 4 N–H and O–H groups in total. The van der Waals surface area contributed by atoms with Crippen molar-refractivity contribution in [3.05, 3.63) is 28.2 Å². The Hall–Kier alpha value is -1.07. The van der Waals surface area contributed by atoms with Crippen molar-refractivity contribution in [2.45, 2.75) is 25.8 Å². The molecule has 5 heteroatoms. The lowest BCUT2D eigenvalue weighted by molar-refractivity contribution is -0.122. The Bertz CT molecular complexity index is 468. The van der Waals surface area contributed by atoms with Gasteiger partial charge in [0.25, 0.3) is 0 Å². The van der Waals surface area contributed by atoms with Crippen LogP contribution in [0, 0.1) is 5.92 Å². The van der Waals surface area contributed by atoms with Crippen molar-refractivity contribution in [2.75, 3.05) is 18.0 Å². The molecule has 1 saturated heterocycles. The maximum absolute atomic E-state index is 11.2. The predicted molar refractivity (Wildman–Crippen MR) is 80.9 cm³/mol. The normalized spacial score (nSPS) is 18.4. The molecule has 1 aromatic rings. The third-order valence-electron chi connectivity index (χ3n) is 3.74. The first-order chi connectivity index (χ1) is 8.99. The minimum Gasteiger partial charge on any atom is -0.371 e. The Labute approximate surface area is 122 Å². The van der Waals surface area contributed by atoms with Gasteiger partial charge in [0, 0.05) is 35.2 Å². The van der Waals surface area contributed by atoms with E-state index >= 15 is 0 Å². The molecule has 0 saturated carbocycles. The molecular weight excluding hydrogens is 306 g/mol. The molecule has 1 fully saturated rings. The highest BCUT2D eigenvalue weighted by atomic mass is 79.9. The summed E-state index contributed by atoms with van der Waals surface area (Å²) in [5, 5.41) is 0. The van der Waals surface area contributed by atoms with Gasteiger partial charge in [-0.15, -0.1) is 0 Å². The van der Waals surface area contributed by atoms with Crippen molar-refractivity contribution >= 4 is 27.5 Å². The molecule has 0 aromatic heterocycles. The lowest BCUT2D eigenvalue weighted by Crippen LogP contribution is -2.38. The molecule has 2 rings (SSSR count). The van der Waals surface area contributed by atoms with Crippen LogP contribution >= 0.6 is 15.9 Å². The van der Waals surface area contributed by atoms with Gasteiger partial charge < -0.3 is 16.4 Å². The molecular formula is C14H20BrN3O. The number of benzene rings is 1. The fraction of sp³-hybridized carbons (Fsp3) is 0.500. The Balaban J connectivity index is 2.08. The largest absolute Gasteiger partial charge is 0.371 e. The lowest BCUT2D eigenvalue weighted by atomic mass is 9.96. The summed E-state index contributed by atoms with van der Waals surface area (Å²) >= 11 is 3.57. The number of nitrogens with zero attached hydrogens (tertiary/aromatic N) is 1. The number of amides is 1. The molecule has 4 nitrogen and oxygen atoms in total. The predicted octanol–water partition coefficient (Wildman–Crippen LogP) is 2.17. The Morgan fingerprint density at radius 2 is 2.05 bits per heavy atom. The average molecular weight is 326 g/mol. The van der Waals surface area contributed by atoms with E-state index in [0.29, 0.717) is 0 Å². The van der Waals surface area contributed by atoms with E-state index in [1.54, 1.807) is 0 Å². The molecule has 1 amide bonds. The maximum atomic E-state index is 11.2. The monoisotopic (exact) mass is 325 g/mol. The van der Waals surface area contributed by atoms with E-state index in [4.69, 9.17) is 11.5 Å². The number of carbonyl (C=O) groups is 1. The first-order valence-corrected chi connectivity index (χ1v) is 7.37. The van der Waals surface area contributed by atoms with Gasteiger partial charge in [0.05, 0.1) is 0 Å². The maximum Gasteiger partial charge on any atom is 0.220 e. The summed E-state index contributed by atoms with van der Waals surface area (Å²) in [5.41, 5.74) is 13.5. The van der Waals surface area contributed by atoms with Crippen LogP contribution in [0.25, 0.3) is 0 Å². The second-order valence-corrected chi connectivity index (χ2v) is 6.01. The number of nitrogens with two attached hydrogens (primary N) is 2. The summed E-state index contributed by atoms with van der Waals surface area (Å²) in [6.45, 7) is 3.72. The Kier molecular flexibility index (Phi) is 4.47. The van der Waals surface area contributed by atoms with Crippen molar-refractivity contribution in [3.8, 4) is 0 Å². The summed E-state index contributed by atoms with van der Waals surface area (Å²) in [7, 11) is 0. The van der Waals surface area contributed by atoms with Crippen molar-refractivity contribution in [1.82, 2.24) is 0 Å². The molecule has 1 aliphatic rings. The fourth-order valence-electron chi connectivity index (χ4n) is 2.50. The number of hydrogen-bond donors (Lipinski definition) is 2. The zero-order chi connectivity index (χ0) is 14.0. The Morgan fingerprint density at radius 3 is 2.53 bits per heavy atom. The summed E-state index contributed by atoms with van der Waals surface area (Å²) in [5.74, 6) is -0.142. The molecule has 1 unspecified atom stereocenters. The highest BCUT2D eigenvalue weighted by Gasteiger charge is 2.23. The zero-order valence-corrected chi connectivity index (χ0v) is 12.7. The molecule has 1 aromatic carbocycles. The van der Waals surface area contributed by atoms with Crippen LogP contribution in [0.4, 0.5) is 5.69 Å². The van der Waals surface area contributed by atoms with Gasteiger partial charge in [0.2, 0.25) is 5.91 Å². The molecule has 0 bridgehead atoms. The zero-order valence-electron chi connectivity index (χ0n) is 11.1. The van der Waals surface area contributed by atoms with Gasteiger partial charge >= 0.3 is 0 Å². The van der Waals surface area contributed by atoms with E-state index in [-0.39, 0.29) is 17.9 Å². The standard InChI is InChI=1S/C14H20BrN3O/c1-9(16)12-3-2-11(8-13(12)15)18-6-4-10(5-7-18)14(17)19/h2-3,8-10H,4-7,16H2,1H3,(H2,17,19). The Morgan fingerprint density at radius 1 is 1.42 bits per heavy atom. The van der Waals surface area contributed by atoms with Gasteiger partial charge in [-0.25, -0.2) is 0 Å². The summed E-state index contributed by atoms with van der Waals surface area (Å²) in [4.78, 5) is 13.4. The van der Waals surface area contributed by atoms with Gasteiger partial charge in [-0.2, -0.15) is 0 Å². The highest BCUT2D eigenvalue weighted by Crippen LogP contribution is 2.29. The third-order valence-corrected chi connectivity index (χ3v) is 4.42. The number of piperidine rings is 1. The molecule has 0 radical (unpaired) electrons. The van der Waals surface area contributed by atoms with Gasteiger partial charge in [-0.3, -0.25) is 4.79 Å². The average Bonchev–Trinajstić information content (AvgIpc) is 2.38. The SMILES string of the molecule is CC(N)c1ccc(N2CCC(C(N)=O)CC2)cc1Br. The second-order valence-electron chi connectivity index (χ2n) is 5.16. The van der Waals surface area contributed by atoms with Crippen LogP contribution in [0.15, 0.2) is 22.7 Å². The van der Waals surface area contributed by atoms with Crippen LogP contribution in [0.2, 0.25) is 0 Å². The van der Waals surface area contributed by atoms with Gasteiger partial charge in [-0.05, 0) is 37.5 Å². The molecule has 1 aliphatic heterocycles. The molecule has 1 heterocycles. The van der Waals surface area contributed by atoms with Gasteiger partial charge in [0.1, 0.15) is 0 Å². The fourth-order valence-corrected chi connectivity index (χ4v) is 3.23. The minimum absolute atomic E-state index is 0.0176. The summed E-state index contributed by atoms with van der Waals surface area (Å²) in [6, 6.07) is 6.27. The van der Waals surface area contributed by atoms with Crippen LogP contribution < -0.4 is 16.4 Å². The highest BCUT2D eigenvalue weighted by molar-refractivity contribution is 9.10. The topological polar surface area (TPSA) is 72.3 Å². The molecule has 1 atom stereocenters. The third kappa shape index (κ3) is 3.28. The van der Waals surface area contributed by atoms with Crippen LogP contribution in [-0.4, -0.2) is 19.0 Å². The molecule has 104 valence electrons. The van der Waals surface area contributed by atoms with Gasteiger partial charge in [0.15, 0.2) is 0 Å². The first-order valence-electron chi connectivity index (χ1n) is 6.58. The minimum atomic E-state index is -0.173. The quantitative estimate of drug-likeness (QED) is 0.894. The van der Waals surface area contributed by atoms with E-state index in [2.05, 4.69) is 39.0 Å². The molecule has 19 heavy (non-hydrogen) atoms. The van der Waals surface area contributed by atoms with Crippen molar-refractivity contribution < 1.29 is 4.79 Å². The summed E-state index contributed by atoms with van der Waals surface area (Å²) in [6.07, 6.45) is 1.67.